The summed E-state index contributed by atoms with van der Waals surface area (Å²) in [5.41, 5.74) is -1.18. The number of sulfonamides is 1. The van der Waals surface area contributed by atoms with Crippen LogP contribution in [-0.4, -0.2) is 59.6 Å². The maximum Gasteiger partial charge on any atom is 0.435 e. The Bertz CT molecular complexity index is 1110. The number of nitrogens with one attached hydrogen (secondary N) is 1. The Hall–Kier alpha value is -2.44. The number of benzene rings is 1. The average Bonchev–Trinajstić information content (AvgIpc) is 3.16. The molecule has 1 atom stereocenters. The van der Waals surface area contributed by atoms with Crippen LogP contribution in [0.5, 0.6) is 0 Å². The number of hydrogen-bond acceptors (Lipinski definition) is 5. The van der Waals surface area contributed by atoms with Gasteiger partial charge < -0.3 is 5.32 Å². The summed E-state index contributed by atoms with van der Waals surface area (Å²) < 4.78 is 67.7. The first kappa shape index (κ1) is 26.2. The maximum atomic E-state index is 13.4. The molecule has 0 spiro atoms. The molecule has 12 heteroatoms. The van der Waals surface area contributed by atoms with E-state index in [0.717, 1.165) is 30.5 Å². The van der Waals surface area contributed by atoms with Gasteiger partial charge in [-0.3, -0.25) is 14.4 Å². The number of alkyl halides is 3. The molecule has 0 bridgehead atoms. The number of nitrogens with zero attached hydrogens (tertiary/aromatic N) is 4. The van der Waals surface area contributed by atoms with Crippen molar-refractivity contribution >= 4 is 21.6 Å². The van der Waals surface area contributed by atoms with Crippen molar-refractivity contribution in [2.45, 2.75) is 50.3 Å². The van der Waals surface area contributed by atoms with Crippen LogP contribution in [0.1, 0.15) is 49.3 Å². The summed E-state index contributed by atoms with van der Waals surface area (Å²) in [6.07, 6.45) is -2.41. The van der Waals surface area contributed by atoms with Crippen molar-refractivity contribution in [3.63, 3.8) is 0 Å². The molecule has 0 radical (unpaired) electrons. The SMILES string of the molecule is CC(C)CN(C)C1CCCCN1S(=O)(=O)c1ccc(NC(=O)c2cc(C(F)(F)F)nn2C)cc1. The zero-order valence-electron chi connectivity index (χ0n) is 19.6. The Morgan fingerprint density at radius 1 is 1.24 bits per heavy atom. The Morgan fingerprint density at radius 3 is 2.44 bits per heavy atom. The van der Waals surface area contributed by atoms with E-state index in [4.69, 9.17) is 0 Å². The standard InChI is InChI=1S/C22H30F3N5O3S/c1-15(2)14-28(3)20-7-5-6-12-30(20)34(32,33)17-10-8-16(9-11-17)26-21(31)18-13-19(22(23,24)25)27-29(18)4/h8-11,13,15,20H,5-7,12,14H2,1-4H3,(H,26,31). The van der Waals surface area contributed by atoms with Crippen LogP contribution in [0.2, 0.25) is 0 Å². The molecule has 0 aliphatic carbocycles. The molecule has 1 saturated heterocycles. The van der Waals surface area contributed by atoms with Crippen LogP contribution in [-0.2, 0) is 23.2 Å². The number of amides is 1. The fourth-order valence-corrected chi connectivity index (χ4v) is 5.87. The fourth-order valence-electron chi connectivity index (χ4n) is 4.16. The molecule has 34 heavy (non-hydrogen) atoms. The van der Waals surface area contributed by atoms with Crippen LogP contribution < -0.4 is 5.32 Å². The van der Waals surface area contributed by atoms with E-state index in [1.165, 1.54) is 35.6 Å². The summed E-state index contributed by atoms with van der Waals surface area (Å²) in [6, 6.07) is 6.29. The lowest BCUT2D eigenvalue weighted by Gasteiger charge is -2.40. The Morgan fingerprint density at radius 2 is 1.88 bits per heavy atom. The van der Waals surface area contributed by atoms with E-state index in [1.54, 1.807) is 0 Å². The Balaban J connectivity index is 1.76. The van der Waals surface area contributed by atoms with Gasteiger partial charge in [-0.1, -0.05) is 13.8 Å². The van der Waals surface area contributed by atoms with E-state index in [2.05, 4.69) is 29.2 Å². The van der Waals surface area contributed by atoms with Gasteiger partial charge in [0.25, 0.3) is 5.91 Å². The van der Waals surface area contributed by atoms with Crippen LogP contribution in [0.25, 0.3) is 0 Å². The minimum Gasteiger partial charge on any atom is -0.321 e. The molecule has 1 aromatic carbocycles. The van der Waals surface area contributed by atoms with Crippen molar-refractivity contribution in [3.8, 4) is 0 Å². The summed E-state index contributed by atoms with van der Waals surface area (Å²) in [7, 11) is -0.598. The summed E-state index contributed by atoms with van der Waals surface area (Å²) in [4.78, 5) is 14.6. The van der Waals surface area contributed by atoms with Gasteiger partial charge in [0, 0.05) is 31.9 Å². The number of hydrogen-bond donors (Lipinski definition) is 1. The molecular weight excluding hydrogens is 471 g/mol. The highest BCUT2D eigenvalue weighted by atomic mass is 32.2. The van der Waals surface area contributed by atoms with Crippen molar-refractivity contribution < 1.29 is 26.4 Å². The first-order valence-corrected chi connectivity index (χ1v) is 12.5. The third kappa shape index (κ3) is 5.78. The van der Waals surface area contributed by atoms with Gasteiger partial charge in [-0.15, -0.1) is 0 Å². The smallest absolute Gasteiger partial charge is 0.321 e. The summed E-state index contributed by atoms with van der Waals surface area (Å²) in [5.74, 6) is -0.390. The molecule has 2 heterocycles. The molecule has 1 unspecified atom stereocenters. The molecule has 1 fully saturated rings. The number of halogens is 3. The largest absolute Gasteiger partial charge is 0.435 e. The molecule has 188 valence electrons. The number of rotatable bonds is 7. The van der Waals surface area contributed by atoms with Crippen LogP contribution in [0.3, 0.4) is 0 Å². The van der Waals surface area contributed by atoms with E-state index < -0.39 is 27.8 Å². The third-order valence-electron chi connectivity index (χ3n) is 5.71. The highest BCUT2D eigenvalue weighted by Gasteiger charge is 2.36. The van der Waals surface area contributed by atoms with Crippen molar-refractivity contribution in [1.29, 1.82) is 0 Å². The number of carbonyl (C=O) groups excluding carboxylic acids is 1. The third-order valence-corrected chi connectivity index (χ3v) is 7.62. The average molecular weight is 502 g/mol. The normalized spacial score (nSPS) is 18.0. The van der Waals surface area contributed by atoms with Gasteiger partial charge in [0.1, 0.15) is 5.69 Å². The molecule has 2 aromatic rings. The lowest BCUT2D eigenvalue weighted by Crippen LogP contribution is -2.52. The van der Waals surface area contributed by atoms with Crippen molar-refractivity contribution in [2.75, 3.05) is 25.5 Å². The predicted molar refractivity (Wildman–Crippen MR) is 122 cm³/mol. The molecule has 3 rings (SSSR count). The van der Waals surface area contributed by atoms with E-state index in [0.29, 0.717) is 18.5 Å². The van der Waals surface area contributed by atoms with Crippen LogP contribution in [0.4, 0.5) is 18.9 Å². The quantitative estimate of drug-likeness (QED) is 0.624. The Kier molecular flexibility index (Phi) is 7.73. The van der Waals surface area contributed by atoms with Crippen molar-refractivity contribution in [2.24, 2.45) is 13.0 Å². The second kappa shape index (κ2) is 10.0. The van der Waals surface area contributed by atoms with Crippen LogP contribution in [0, 0.1) is 5.92 Å². The van der Waals surface area contributed by atoms with Crippen molar-refractivity contribution in [3.05, 3.63) is 41.7 Å². The second-order valence-electron chi connectivity index (χ2n) is 8.94. The molecule has 1 aliphatic rings. The fraction of sp³-hybridized carbons (Fsp3) is 0.545. The molecule has 1 N–H and O–H groups in total. The maximum absolute atomic E-state index is 13.4. The van der Waals surface area contributed by atoms with E-state index in [9.17, 15) is 26.4 Å². The van der Waals surface area contributed by atoms with E-state index in [1.807, 2.05) is 7.05 Å². The minimum atomic E-state index is -4.66. The highest BCUT2D eigenvalue weighted by Crippen LogP contribution is 2.30. The monoisotopic (exact) mass is 501 g/mol. The second-order valence-corrected chi connectivity index (χ2v) is 10.8. The van der Waals surface area contributed by atoms with E-state index in [-0.39, 0.29) is 22.4 Å². The number of aryl methyl sites for hydroxylation is 1. The summed E-state index contributed by atoms with van der Waals surface area (Å²) in [5, 5.41) is 5.81. The summed E-state index contributed by atoms with van der Waals surface area (Å²) >= 11 is 0. The van der Waals surface area contributed by atoms with Crippen molar-refractivity contribution in [1.82, 2.24) is 19.0 Å². The van der Waals surface area contributed by atoms with Gasteiger partial charge in [0.05, 0.1) is 11.1 Å². The zero-order chi connectivity index (χ0) is 25.3. The van der Waals surface area contributed by atoms with Gasteiger partial charge in [0.15, 0.2) is 5.69 Å². The van der Waals surface area contributed by atoms with Crippen LogP contribution in [0.15, 0.2) is 35.2 Å². The van der Waals surface area contributed by atoms with Gasteiger partial charge in [-0.25, -0.2) is 8.42 Å². The first-order chi connectivity index (χ1) is 15.8. The lowest BCUT2D eigenvalue weighted by molar-refractivity contribution is -0.141. The molecule has 0 saturated carbocycles. The highest BCUT2D eigenvalue weighted by molar-refractivity contribution is 7.89. The number of aromatic nitrogens is 2. The molecule has 1 amide bonds. The van der Waals surface area contributed by atoms with Gasteiger partial charge >= 0.3 is 6.18 Å². The van der Waals surface area contributed by atoms with Gasteiger partial charge in [-0.05, 0) is 56.5 Å². The zero-order valence-corrected chi connectivity index (χ0v) is 20.4. The molecule has 8 nitrogen and oxygen atoms in total. The predicted octanol–water partition coefficient (Wildman–Crippen LogP) is 3.78. The van der Waals surface area contributed by atoms with E-state index >= 15 is 0 Å². The lowest BCUT2D eigenvalue weighted by atomic mass is 10.1. The summed E-state index contributed by atoms with van der Waals surface area (Å²) in [6.45, 7) is 5.36. The molecule has 1 aromatic heterocycles. The van der Waals surface area contributed by atoms with Gasteiger partial charge in [-0.2, -0.15) is 22.6 Å². The van der Waals surface area contributed by atoms with Crippen LogP contribution >= 0.6 is 0 Å². The first-order valence-electron chi connectivity index (χ1n) is 11.1. The number of anilines is 1. The molecule has 1 aliphatic heterocycles. The molecular formula is C22H30F3N5O3S. The topological polar surface area (TPSA) is 87.5 Å². The van der Waals surface area contributed by atoms with Gasteiger partial charge in [0.2, 0.25) is 10.0 Å². The Labute approximate surface area is 197 Å². The minimum absolute atomic E-state index is 0.0928. The number of carbonyl (C=O) groups is 1. The number of piperidine rings is 1.